The van der Waals surface area contributed by atoms with Gasteiger partial charge in [0.2, 0.25) is 11.8 Å². The molecule has 0 atom stereocenters. The van der Waals surface area contributed by atoms with Crippen LogP contribution in [-0.2, 0) is 11.2 Å². The molecular formula is C23H24FN3O3. The van der Waals surface area contributed by atoms with Crippen LogP contribution in [0.15, 0.2) is 61.2 Å². The first-order chi connectivity index (χ1) is 14.5. The maximum Gasteiger partial charge on any atom is 0.226 e. The number of nitrogens with one attached hydrogen (secondary N) is 1. The van der Waals surface area contributed by atoms with Crippen LogP contribution in [0.25, 0.3) is 5.69 Å². The lowest BCUT2D eigenvalue weighted by atomic mass is 10.1. The highest BCUT2D eigenvalue weighted by Gasteiger charge is 2.20. The van der Waals surface area contributed by atoms with E-state index in [1.165, 1.54) is 12.1 Å². The van der Waals surface area contributed by atoms with E-state index in [4.69, 9.17) is 9.47 Å². The van der Waals surface area contributed by atoms with Gasteiger partial charge in [0.15, 0.2) is 0 Å². The van der Waals surface area contributed by atoms with E-state index in [-0.39, 0.29) is 18.1 Å². The number of nitrogens with zero attached hydrogens (tertiary/aromatic N) is 2. The summed E-state index contributed by atoms with van der Waals surface area (Å²) < 4.78 is 26.4. The summed E-state index contributed by atoms with van der Waals surface area (Å²) in [6.45, 7) is 5.88. The molecule has 0 spiro atoms. The minimum atomic E-state index is -0.334. The van der Waals surface area contributed by atoms with E-state index in [1.54, 1.807) is 54.3 Å². The second-order valence-electron chi connectivity index (χ2n) is 6.63. The number of ether oxygens (including phenoxy) is 2. The van der Waals surface area contributed by atoms with Gasteiger partial charge in [-0.3, -0.25) is 4.79 Å². The van der Waals surface area contributed by atoms with Crippen molar-refractivity contribution in [3.05, 3.63) is 78.3 Å². The summed E-state index contributed by atoms with van der Waals surface area (Å²) in [6.07, 6.45) is 2.36. The molecule has 0 fully saturated rings. The third kappa shape index (κ3) is 5.05. The number of amides is 1. The highest BCUT2D eigenvalue weighted by atomic mass is 19.1. The van der Waals surface area contributed by atoms with Crippen molar-refractivity contribution < 1.29 is 18.7 Å². The number of hydrogen-bond acceptors (Lipinski definition) is 4. The van der Waals surface area contributed by atoms with Crippen molar-refractivity contribution in [3.8, 4) is 23.1 Å². The zero-order valence-electron chi connectivity index (χ0n) is 17.0. The molecule has 0 aliphatic rings. The first-order valence-electron chi connectivity index (χ1n) is 9.55. The lowest BCUT2D eigenvalue weighted by molar-refractivity contribution is -0.120. The molecule has 1 amide bonds. The van der Waals surface area contributed by atoms with Crippen LogP contribution in [-0.4, -0.2) is 29.3 Å². The number of rotatable bonds is 9. The Hall–Kier alpha value is -3.61. The third-order valence-corrected chi connectivity index (χ3v) is 4.53. The minimum Gasteiger partial charge on any atom is -0.497 e. The second kappa shape index (κ2) is 9.73. The van der Waals surface area contributed by atoms with Crippen LogP contribution in [0.1, 0.15) is 17.7 Å². The normalized spacial score (nSPS) is 10.5. The van der Waals surface area contributed by atoms with Crippen LogP contribution in [0.5, 0.6) is 17.4 Å². The fourth-order valence-corrected chi connectivity index (χ4v) is 2.96. The molecule has 1 N–H and O–H groups in total. The molecule has 0 aliphatic heterocycles. The highest BCUT2D eigenvalue weighted by Crippen LogP contribution is 2.32. The van der Waals surface area contributed by atoms with Crippen molar-refractivity contribution in [2.45, 2.75) is 19.8 Å². The molecule has 156 valence electrons. The summed E-state index contributed by atoms with van der Waals surface area (Å²) in [5, 5.41) is 7.35. The number of aryl methyl sites for hydroxylation is 1. The van der Waals surface area contributed by atoms with E-state index in [0.29, 0.717) is 36.0 Å². The molecule has 1 heterocycles. The standard InChI is InChI=1S/C23H24FN3O3/c1-4-15-25-22(28)14-13-21-16(2)26-27(18-7-5-17(24)6-8-18)23(21)30-20-11-9-19(29-3)10-12-20/h4-12H,1,13-15H2,2-3H3,(H,25,28). The molecule has 0 bridgehead atoms. The summed E-state index contributed by atoms with van der Waals surface area (Å²) in [7, 11) is 1.60. The Bertz CT molecular complexity index is 1010. The van der Waals surface area contributed by atoms with Gasteiger partial charge < -0.3 is 14.8 Å². The van der Waals surface area contributed by atoms with Crippen molar-refractivity contribution >= 4 is 5.91 Å². The maximum atomic E-state index is 13.4. The van der Waals surface area contributed by atoms with Gasteiger partial charge in [0.25, 0.3) is 0 Å². The average Bonchev–Trinajstić information content (AvgIpc) is 3.06. The quantitative estimate of drug-likeness (QED) is 0.534. The van der Waals surface area contributed by atoms with Gasteiger partial charge in [-0.15, -0.1) is 6.58 Å². The Balaban J connectivity index is 1.94. The molecule has 6 nitrogen and oxygen atoms in total. The zero-order valence-corrected chi connectivity index (χ0v) is 17.0. The Kier molecular flexibility index (Phi) is 6.85. The molecule has 30 heavy (non-hydrogen) atoms. The zero-order chi connectivity index (χ0) is 21.5. The Morgan fingerprint density at radius 1 is 1.17 bits per heavy atom. The van der Waals surface area contributed by atoms with E-state index in [1.807, 2.05) is 6.92 Å². The molecule has 7 heteroatoms. The van der Waals surface area contributed by atoms with Crippen LogP contribution in [0, 0.1) is 12.7 Å². The first-order valence-corrected chi connectivity index (χ1v) is 9.55. The number of aromatic nitrogens is 2. The minimum absolute atomic E-state index is 0.0840. The number of hydrogen-bond donors (Lipinski definition) is 1. The molecule has 3 rings (SSSR count). The Morgan fingerprint density at radius 2 is 1.83 bits per heavy atom. The van der Waals surface area contributed by atoms with Crippen molar-refractivity contribution in [3.63, 3.8) is 0 Å². The first kappa shape index (κ1) is 21.1. The van der Waals surface area contributed by atoms with Crippen molar-refractivity contribution in [2.75, 3.05) is 13.7 Å². The van der Waals surface area contributed by atoms with Crippen molar-refractivity contribution in [1.29, 1.82) is 0 Å². The van der Waals surface area contributed by atoms with Crippen LogP contribution < -0.4 is 14.8 Å². The van der Waals surface area contributed by atoms with E-state index in [0.717, 1.165) is 11.3 Å². The van der Waals surface area contributed by atoms with Gasteiger partial charge in [-0.05, 0) is 61.9 Å². The SMILES string of the molecule is C=CCNC(=O)CCc1c(C)nn(-c2ccc(F)cc2)c1Oc1ccc(OC)cc1. The molecule has 0 saturated heterocycles. The molecule has 0 aliphatic carbocycles. The fourth-order valence-electron chi connectivity index (χ4n) is 2.96. The van der Waals surface area contributed by atoms with E-state index < -0.39 is 0 Å². The molecule has 3 aromatic rings. The molecule has 0 saturated carbocycles. The predicted molar refractivity (Wildman–Crippen MR) is 113 cm³/mol. The number of methoxy groups -OCH3 is 1. The van der Waals surface area contributed by atoms with Gasteiger partial charge in [0.05, 0.1) is 18.5 Å². The lowest BCUT2D eigenvalue weighted by Gasteiger charge is -2.12. The van der Waals surface area contributed by atoms with Gasteiger partial charge >= 0.3 is 0 Å². The molecular weight excluding hydrogens is 385 g/mol. The summed E-state index contributed by atoms with van der Waals surface area (Å²) in [5.74, 6) is 1.38. The number of carbonyl (C=O) groups is 1. The highest BCUT2D eigenvalue weighted by molar-refractivity contribution is 5.76. The van der Waals surface area contributed by atoms with E-state index in [9.17, 15) is 9.18 Å². The van der Waals surface area contributed by atoms with E-state index in [2.05, 4.69) is 17.0 Å². The van der Waals surface area contributed by atoms with Crippen LogP contribution in [0.2, 0.25) is 0 Å². The van der Waals surface area contributed by atoms with Crippen LogP contribution >= 0.6 is 0 Å². The van der Waals surface area contributed by atoms with Crippen LogP contribution in [0.4, 0.5) is 4.39 Å². The second-order valence-corrected chi connectivity index (χ2v) is 6.63. The lowest BCUT2D eigenvalue weighted by Crippen LogP contribution is -2.23. The molecule has 0 unspecified atom stereocenters. The Labute approximate surface area is 174 Å². The summed E-state index contributed by atoms with van der Waals surface area (Å²) in [4.78, 5) is 12.1. The number of halogens is 1. The molecule has 0 radical (unpaired) electrons. The smallest absolute Gasteiger partial charge is 0.226 e. The van der Waals surface area contributed by atoms with Crippen molar-refractivity contribution in [2.24, 2.45) is 0 Å². The number of benzene rings is 2. The monoisotopic (exact) mass is 409 g/mol. The summed E-state index contributed by atoms with van der Waals surface area (Å²) >= 11 is 0. The maximum absolute atomic E-state index is 13.4. The summed E-state index contributed by atoms with van der Waals surface area (Å²) in [6, 6.07) is 13.2. The van der Waals surface area contributed by atoms with Gasteiger partial charge in [0, 0.05) is 18.5 Å². The fraction of sp³-hybridized carbons (Fsp3) is 0.217. The largest absolute Gasteiger partial charge is 0.497 e. The van der Waals surface area contributed by atoms with Crippen LogP contribution in [0.3, 0.4) is 0 Å². The van der Waals surface area contributed by atoms with Crippen molar-refractivity contribution in [1.82, 2.24) is 15.1 Å². The van der Waals surface area contributed by atoms with E-state index >= 15 is 0 Å². The van der Waals surface area contributed by atoms with Gasteiger partial charge in [0.1, 0.15) is 17.3 Å². The van der Waals surface area contributed by atoms with Gasteiger partial charge in [-0.2, -0.15) is 5.10 Å². The van der Waals surface area contributed by atoms with Gasteiger partial charge in [-0.1, -0.05) is 6.08 Å². The predicted octanol–water partition coefficient (Wildman–Crippen LogP) is 4.36. The topological polar surface area (TPSA) is 65.4 Å². The van der Waals surface area contributed by atoms with Gasteiger partial charge in [-0.25, -0.2) is 9.07 Å². The average molecular weight is 409 g/mol. The Morgan fingerprint density at radius 3 is 2.47 bits per heavy atom. The molecule has 2 aromatic carbocycles. The summed E-state index contributed by atoms with van der Waals surface area (Å²) in [5.41, 5.74) is 2.20. The third-order valence-electron chi connectivity index (χ3n) is 4.53. The molecule has 1 aromatic heterocycles. The number of carbonyl (C=O) groups excluding carboxylic acids is 1.